The van der Waals surface area contributed by atoms with Gasteiger partial charge in [-0.1, -0.05) is 29.3 Å². The Balaban J connectivity index is 1.55. The standard InChI is InChI=1S/C23H18ClNO4/c1-15-2-4-17(5-3-15)22(27)25-20-12-8-18(9-13-20)23(28)29-14-21(26)16-6-10-19(24)11-7-16/h2-13H,14H2,1H3,(H,25,27). The molecule has 0 aliphatic rings. The summed E-state index contributed by atoms with van der Waals surface area (Å²) in [7, 11) is 0. The van der Waals surface area contributed by atoms with Gasteiger partial charge in [-0.05, 0) is 67.6 Å². The van der Waals surface area contributed by atoms with Crippen LogP contribution in [0.3, 0.4) is 0 Å². The van der Waals surface area contributed by atoms with Gasteiger partial charge >= 0.3 is 5.97 Å². The highest BCUT2D eigenvalue weighted by Gasteiger charge is 2.12. The van der Waals surface area contributed by atoms with Crippen molar-refractivity contribution in [3.05, 3.63) is 100 Å². The number of anilines is 1. The molecule has 0 atom stereocenters. The summed E-state index contributed by atoms with van der Waals surface area (Å²) in [4.78, 5) is 36.4. The van der Waals surface area contributed by atoms with E-state index in [1.807, 2.05) is 19.1 Å². The van der Waals surface area contributed by atoms with Gasteiger partial charge in [0, 0.05) is 21.8 Å². The van der Waals surface area contributed by atoms with Crippen LogP contribution in [0.15, 0.2) is 72.8 Å². The van der Waals surface area contributed by atoms with Crippen LogP contribution < -0.4 is 5.32 Å². The molecule has 0 fully saturated rings. The summed E-state index contributed by atoms with van der Waals surface area (Å²) in [5.41, 5.74) is 2.85. The first-order valence-corrected chi connectivity index (χ1v) is 9.24. The summed E-state index contributed by atoms with van der Waals surface area (Å²) in [5, 5.41) is 3.29. The number of amides is 1. The molecule has 1 N–H and O–H groups in total. The lowest BCUT2D eigenvalue weighted by atomic mass is 10.1. The van der Waals surface area contributed by atoms with E-state index in [0.29, 0.717) is 21.8 Å². The molecule has 0 heterocycles. The molecule has 3 aromatic rings. The molecule has 0 spiro atoms. The lowest BCUT2D eigenvalue weighted by Gasteiger charge is -2.07. The van der Waals surface area contributed by atoms with Crippen LogP contribution >= 0.6 is 11.6 Å². The van der Waals surface area contributed by atoms with Crippen LogP contribution in [0.2, 0.25) is 5.02 Å². The molecule has 0 bridgehead atoms. The largest absolute Gasteiger partial charge is 0.454 e. The fraction of sp³-hybridized carbons (Fsp3) is 0.0870. The third-order valence-electron chi connectivity index (χ3n) is 4.19. The van der Waals surface area contributed by atoms with Crippen LogP contribution in [0.4, 0.5) is 5.69 Å². The van der Waals surface area contributed by atoms with Crippen molar-refractivity contribution in [2.75, 3.05) is 11.9 Å². The summed E-state index contributed by atoms with van der Waals surface area (Å²) in [6, 6.07) is 19.8. The molecule has 1 amide bonds. The Kier molecular flexibility index (Phi) is 6.42. The van der Waals surface area contributed by atoms with Gasteiger partial charge in [-0.15, -0.1) is 0 Å². The number of halogens is 1. The molecule has 3 rings (SSSR count). The molecule has 0 radical (unpaired) electrons. The van der Waals surface area contributed by atoms with Crippen molar-refractivity contribution in [1.82, 2.24) is 0 Å². The highest BCUT2D eigenvalue weighted by molar-refractivity contribution is 6.30. The third-order valence-corrected chi connectivity index (χ3v) is 4.44. The third kappa shape index (κ3) is 5.53. The van der Waals surface area contributed by atoms with E-state index in [0.717, 1.165) is 5.56 Å². The van der Waals surface area contributed by atoms with E-state index >= 15 is 0 Å². The van der Waals surface area contributed by atoms with Gasteiger partial charge in [0.2, 0.25) is 0 Å². The predicted molar refractivity (Wildman–Crippen MR) is 112 cm³/mol. The van der Waals surface area contributed by atoms with Gasteiger partial charge in [-0.2, -0.15) is 0 Å². The topological polar surface area (TPSA) is 72.5 Å². The second-order valence-electron chi connectivity index (χ2n) is 6.40. The van der Waals surface area contributed by atoms with E-state index < -0.39 is 5.97 Å². The number of Topliss-reactive ketones (excluding diaryl/α,β-unsaturated/α-hetero) is 1. The van der Waals surface area contributed by atoms with Crippen LogP contribution in [0.5, 0.6) is 0 Å². The lowest BCUT2D eigenvalue weighted by Crippen LogP contribution is -2.14. The first kappa shape index (κ1) is 20.3. The van der Waals surface area contributed by atoms with Crippen molar-refractivity contribution >= 4 is 34.9 Å². The second kappa shape index (κ2) is 9.17. The van der Waals surface area contributed by atoms with Gasteiger partial charge in [-0.25, -0.2) is 4.79 Å². The molecular weight excluding hydrogens is 390 g/mol. The minimum atomic E-state index is -0.622. The Morgan fingerprint density at radius 2 is 1.34 bits per heavy atom. The maximum atomic E-state index is 12.2. The first-order chi connectivity index (χ1) is 13.9. The van der Waals surface area contributed by atoms with Gasteiger partial charge in [0.15, 0.2) is 12.4 Å². The SMILES string of the molecule is Cc1ccc(C(=O)Nc2ccc(C(=O)OCC(=O)c3ccc(Cl)cc3)cc2)cc1. The fourth-order valence-electron chi connectivity index (χ4n) is 2.53. The number of carbonyl (C=O) groups excluding carboxylic acids is 3. The number of carbonyl (C=O) groups is 3. The van der Waals surface area contributed by atoms with Crippen molar-refractivity contribution in [3.63, 3.8) is 0 Å². The quantitative estimate of drug-likeness (QED) is 0.464. The Hall–Kier alpha value is -3.44. The van der Waals surface area contributed by atoms with E-state index in [1.54, 1.807) is 48.5 Å². The minimum absolute atomic E-state index is 0.242. The molecule has 0 saturated carbocycles. The number of hydrogen-bond acceptors (Lipinski definition) is 4. The molecule has 0 aliphatic carbocycles. The average Bonchev–Trinajstić information content (AvgIpc) is 2.73. The second-order valence-corrected chi connectivity index (χ2v) is 6.84. The number of hydrogen-bond donors (Lipinski definition) is 1. The zero-order valence-electron chi connectivity index (χ0n) is 15.6. The van der Waals surface area contributed by atoms with Gasteiger partial charge in [-0.3, -0.25) is 9.59 Å². The van der Waals surface area contributed by atoms with Crippen molar-refractivity contribution in [2.45, 2.75) is 6.92 Å². The van der Waals surface area contributed by atoms with Crippen molar-refractivity contribution in [1.29, 1.82) is 0 Å². The lowest BCUT2D eigenvalue weighted by molar-refractivity contribution is 0.0475. The Labute approximate surface area is 173 Å². The molecule has 0 saturated heterocycles. The molecule has 146 valence electrons. The Bertz CT molecular complexity index is 1030. The molecule has 0 aromatic heterocycles. The monoisotopic (exact) mass is 407 g/mol. The molecular formula is C23H18ClNO4. The number of rotatable bonds is 6. The number of esters is 1. The summed E-state index contributed by atoms with van der Waals surface area (Å²) >= 11 is 5.79. The summed E-state index contributed by atoms with van der Waals surface area (Å²) < 4.78 is 5.07. The summed E-state index contributed by atoms with van der Waals surface area (Å²) in [5.74, 6) is -1.19. The van der Waals surface area contributed by atoms with E-state index in [1.165, 1.54) is 12.1 Å². The Morgan fingerprint density at radius 1 is 0.793 bits per heavy atom. The van der Waals surface area contributed by atoms with Crippen LogP contribution in [-0.2, 0) is 4.74 Å². The van der Waals surface area contributed by atoms with Crippen molar-refractivity contribution < 1.29 is 19.1 Å². The predicted octanol–water partition coefficient (Wildman–Crippen LogP) is 4.94. The fourth-order valence-corrected chi connectivity index (χ4v) is 2.66. The molecule has 0 aliphatic heterocycles. The van der Waals surface area contributed by atoms with Crippen LogP contribution in [0.25, 0.3) is 0 Å². The Morgan fingerprint density at radius 3 is 1.97 bits per heavy atom. The maximum Gasteiger partial charge on any atom is 0.338 e. The van der Waals surface area contributed by atoms with E-state index in [-0.39, 0.29) is 23.9 Å². The zero-order chi connectivity index (χ0) is 20.8. The normalized spacial score (nSPS) is 10.3. The van der Waals surface area contributed by atoms with E-state index in [4.69, 9.17) is 16.3 Å². The van der Waals surface area contributed by atoms with Crippen molar-refractivity contribution in [3.8, 4) is 0 Å². The smallest absolute Gasteiger partial charge is 0.338 e. The molecule has 0 unspecified atom stereocenters. The van der Waals surface area contributed by atoms with Crippen LogP contribution in [0.1, 0.15) is 36.6 Å². The highest BCUT2D eigenvalue weighted by atomic mass is 35.5. The van der Waals surface area contributed by atoms with E-state index in [2.05, 4.69) is 5.32 Å². The number of nitrogens with one attached hydrogen (secondary N) is 1. The first-order valence-electron chi connectivity index (χ1n) is 8.86. The number of aryl methyl sites for hydroxylation is 1. The maximum absolute atomic E-state index is 12.2. The van der Waals surface area contributed by atoms with E-state index in [9.17, 15) is 14.4 Å². The summed E-state index contributed by atoms with van der Waals surface area (Å²) in [6.07, 6.45) is 0. The number of ketones is 1. The molecule has 29 heavy (non-hydrogen) atoms. The summed E-state index contributed by atoms with van der Waals surface area (Å²) in [6.45, 7) is 1.58. The minimum Gasteiger partial charge on any atom is -0.454 e. The van der Waals surface area contributed by atoms with Crippen LogP contribution in [0, 0.1) is 6.92 Å². The van der Waals surface area contributed by atoms with Gasteiger partial charge in [0.1, 0.15) is 0 Å². The van der Waals surface area contributed by atoms with Gasteiger partial charge in [0.25, 0.3) is 5.91 Å². The average molecular weight is 408 g/mol. The van der Waals surface area contributed by atoms with Crippen molar-refractivity contribution in [2.24, 2.45) is 0 Å². The van der Waals surface area contributed by atoms with Gasteiger partial charge in [0.05, 0.1) is 5.56 Å². The van der Waals surface area contributed by atoms with Crippen LogP contribution in [-0.4, -0.2) is 24.3 Å². The zero-order valence-corrected chi connectivity index (χ0v) is 16.4. The number of benzene rings is 3. The van der Waals surface area contributed by atoms with Gasteiger partial charge < -0.3 is 10.1 Å². The molecule has 6 heteroatoms. The number of ether oxygens (including phenoxy) is 1. The molecule has 5 nitrogen and oxygen atoms in total. The molecule has 3 aromatic carbocycles. The highest BCUT2D eigenvalue weighted by Crippen LogP contribution is 2.14.